The Morgan fingerprint density at radius 3 is 2.25 bits per heavy atom. The second-order valence-electron chi connectivity index (χ2n) is 6.83. The molecule has 3 aromatic rings. The maximum Gasteiger partial charge on any atom is 0.254 e. The maximum absolute atomic E-state index is 12.9. The van der Waals surface area contributed by atoms with E-state index in [4.69, 9.17) is 0 Å². The molecule has 1 heterocycles. The molecule has 2 N–H and O–H groups in total. The molecular formula is C22H23FN4O. The van der Waals surface area contributed by atoms with E-state index in [-0.39, 0.29) is 11.7 Å². The van der Waals surface area contributed by atoms with Crippen molar-refractivity contribution in [3.8, 4) is 0 Å². The van der Waals surface area contributed by atoms with Crippen LogP contribution in [-0.2, 0) is 6.42 Å². The second-order valence-corrected chi connectivity index (χ2v) is 6.83. The lowest BCUT2D eigenvalue weighted by atomic mass is 10.0. The summed E-state index contributed by atoms with van der Waals surface area (Å²) in [5.41, 5.74) is 3.50. The van der Waals surface area contributed by atoms with E-state index in [9.17, 15) is 9.18 Å². The van der Waals surface area contributed by atoms with Gasteiger partial charge < -0.3 is 10.6 Å². The van der Waals surface area contributed by atoms with Crippen molar-refractivity contribution in [2.75, 3.05) is 11.9 Å². The Bertz CT molecular complexity index is 907. The molecule has 28 heavy (non-hydrogen) atoms. The highest BCUT2D eigenvalue weighted by atomic mass is 19.1. The summed E-state index contributed by atoms with van der Waals surface area (Å²) in [7, 11) is 0. The van der Waals surface area contributed by atoms with Gasteiger partial charge in [-0.15, -0.1) is 0 Å². The first-order chi connectivity index (χ1) is 13.5. The lowest BCUT2D eigenvalue weighted by molar-refractivity contribution is 0.0953. The molecule has 0 unspecified atom stereocenters. The quantitative estimate of drug-likeness (QED) is 0.637. The molecule has 2 aromatic carbocycles. The van der Waals surface area contributed by atoms with E-state index in [1.807, 2.05) is 12.1 Å². The van der Waals surface area contributed by atoms with Crippen LogP contribution < -0.4 is 10.6 Å². The smallest absolute Gasteiger partial charge is 0.254 e. The number of aromatic nitrogens is 2. The van der Waals surface area contributed by atoms with Crippen LogP contribution in [0, 0.1) is 5.82 Å². The number of nitrogens with one attached hydrogen (secondary N) is 2. The minimum atomic E-state index is -0.269. The van der Waals surface area contributed by atoms with Crippen molar-refractivity contribution >= 4 is 17.5 Å². The number of hydrogen-bond acceptors (Lipinski definition) is 4. The zero-order valence-electron chi connectivity index (χ0n) is 15.9. The number of hydrogen-bond donors (Lipinski definition) is 2. The van der Waals surface area contributed by atoms with Crippen molar-refractivity contribution in [3.05, 3.63) is 83.4 Å². The fourth-order valence-electron chi connectivity index (χ4n) is 2.66. The molecule has 144 valence electrons. The molecule has 0 aliphatic heterocycles. The Morgan fingerprint density at radius 2 is 1.64 bits per heavy atom. The van der Waals surface area contributed by atoms with Crippen LogP contribution in [0.1, 0.15) is 41.3 Å². The first kappa shape index (κ1) is 19.5. The minimum absolute atomic E-state index is 0.241. The summed E-state index contributed by atoms with van der Waals surface area (Å²) < 4.78 is 12.9. The molecule has 0 saturated carbocycles. The van der Waals surface area contributed by atoms with Gasteiger partial charge in [0.15, 0.2) is 0 Å². The van der Waals surface area contributed by atoms with Gasteiger partial charge >= 0.3 is 0 Å². The van der Waals surface area contributed by atoms with E-state index in [0.717, 1.165) is 11.3 Å². The fraction of sp³-hybridized carbons (Fsp3) is 0.227. The van der Waals surface area contributed by atoms with Crippen LogP contribution in [0.5, 0.6) is 0 Å². The monoisotopic (exact) mass is 378 g/mol. The molecule has 0 aliphatic carbocycles. The van der Waals surface area contributed by atoms with Gasteiger partial charge in [0.2, 0.25) is 5.95 Å². The molecule has 0 bridgehead atoms. The molecule has 5 nitrogen and oxygen atoms in total. The molecule has 0 saturated heterocycles. The topological polar surface area (TPSA) is 66.9 Å². The van der Waals surface area contributed by atoms with Gasteiger partial charge in [-0.3, -0.25) is 4.79 Å². The van der Waals surface area contributed by atoms with E-state index in [2.05, 4.69) is 46.6 Å². The predicted octanol–water partition coefficient (Wildman–Crippen LogP) is 4.46. The Hall–Kier alpha value is -3.28. The van der Waals surface area contributed by atoms with Crippen molar-refractivity contribution in [2.24, 2.45) is 0 Å². The van der Waals surface area contributed by atoms with Gasteiger partial charge in [-0.2, -0.15) is 0 Å². The molecule has 0 atom stereocenters. The van der Waals surface area contributed by atoms with Gasteiger partial charge in [0.1, 0.15) is 5.82 Å². The van der Waals surface area contributed by atoms with Crippen LogP contribution in [0.2, 0.25) is 0 Å². The van der Waals surface area contributed by atoms with Crippen LogP contribution in [0.3, 0.4) is 0 Å². The van der Waals surface area contributed by atoms with E-state index >= 15 is 0 Å². The number of nitrogens with zero attached hydrogens (tertiary/aromatic N) is 2. The van der Waals surface area contributed by atoms with Crippen LogP contribution >= 0.6 is 0 Å². The summed E-state index contributed by atoms with van der Waals surface area (Å²) >= 11 is 0. The molecule has 1 amide bonds. The molecule has 0 aliphatic rings. The third kappa shape index (κ3) is 5.36. The molecule has 3 rings (SSSR count). The third-order valence-electron chi connectivity index (χ3n) is 4.36. The number of rotatable bonds is 7. The number of anilines is 2. The lowest BCUT2D eigenvalue weighted by Crippen LogP contribution is -2.26. The van der Waals surface area contributed by atoms with E-state index < -0.39 is 0 Å². The molecule has 0 radical (unpaired) electrons. The summed E-state index contributed by atoms with van der Waals surface area (Å²) in [6.07, 6.45) is 3.61. The Kier molecular flexibility index (Phi) is 6.32. The first-order valence-corrected chi connectivity index (χ1v) is 9.23. The average Bonchev–Trinajstić information content (AvgIpc) is 2.70. The fourth-order valence-corrected chi connectivity index (χ4v) is 2.66. The zero-order chi connectivity index (χ0) is 19.9. The number of halogens is 1. The van der Waals surface area contributed by atoms with Crippen LogP contribution in [0.25, 0.3) is 0 Å². The molecule has 6 heteroatoms. The maximum atomic E-state index is 12.9. The van der Waals surface area contributed by atoms with Crippen molar-refractivity contribution < 1.29 is 9.18 Å². The summed E-state index contributed by atoms with van der Waals surface area (Å²) in [5.74, 6) is 0.399. The van der Waals surface area contributed by atoms with Gasteiger partial charge in [-0.25, -0.2) is 14.4 Å². The molecule has 0 spiro atoms. The minimum Gasteiger partial charge on any atom is -0.352 e. The van der Waals surface area contributed by atoms with Gasteiger partial charge in [-0.1, -0.05) is 38.1 Å². The normalized spacial score (nSPS) is 10.7. The van der Waals surface area contributed by atoms with Gasteiger partial charge in [-0.05, 0) is 47.7 Å². The Balaban J connectivity index is 1.51. The Labute approximate surface area is 164 Å². The highest BCUT2D eigenvalue weighted by molar-refractivity contribution is 5.93. The lowest BCUT2D eigenvalue weighted by Gasteiger charge is -2.09. The second kappa shape index (κ2) is 9.08. The Morgan fingerprint density at radius 1 is 1.00 bits per heavy atom. The van der Waals surface area contributed by atoms with Gasteiger partial charge in [0.25, 0.3) is 5.91 Å². The number of carbonyl (C=O) groups excluding carboxylic acids is 1. The van der Waals surface area contributed by atoms with E-state index in [1.165, 1.54) is 30.1 Å². The molecule has 1 aromatic heterocycles. The van der Waals surface area contributed by atoms with Crippen LogP contribution in [-0.4, -0.2) is 22.4 Å². The predicted molar refractivity (Wildman–Crippen MR) is 108 cm³/mol. The number of benzene rings is 2. The number of carbonyl (C=O) groups is 1. The van der Waals surface area contributed by atoms with Gasteiger partial charge in [0.05, 0.1) is 5.56 Å². The van der Waals surface area contributed by atoms with E-state index in [0.29, 0.717) is 30.4 Å². The molecule has 0 fully saturated rings. The molecular weight excluding hydrogens is 355 g/mol. The standard InChI is InChI=1S/C22H23FN4O/c1-15(2)17-5-9-20(10-6-17)27-22-25-13-18(14-26-22)21(28)24-12-11-16-3-7-19(23)8-4-16/h3-10,13-15H,11-12H2,1-2H3,(H,24,28)(H,25,26,27). The van der Waals surface area contributed by atoms with Crippen molar-refractivity contribution in [3.63, 3.8) is 0 Å². The van der Waals surface area contributed by atoms with Crippen molar-refractivity contribution in [1.82, 2.24) is 15.3 Å². The highest BCUT2D eigenvalue weighted by Gasteiger charge is 2.07. The highest BCUT2D eigenvalue weighted by Crippen LogP contribution is 2.18. The first-order valence-electron chi connectivity index (χ1n) is 9.23. The van der Waals surface area contributed by atoms with Crippen molar-refractivity contribution in [1.29, 1.82) is 0 Å². The van der Waals surface area contributed by atoms with Gasteiger partial charge in [0, 0.05) is 24.6 Å². The largest absolute Gasteiger partial charge is 0.352 e. The summed E-state index contributed by atoms with van der Waals surface area (Å²) in [5, 5.41) is 5.94. The number of amides is 1. The van der Waals surface area contributed by atoms with Crippen LogP contribution in [0.15, 0.2) is 60.9 Å². The summed E-state index contributed by atoms with van der Waals surface area (Å²) in [6, 6.07) is 14.3. The zero-order valence-corrected chi connectivity index (χ0v) is 15.9. The summed E-state index contributed by atoms with van der Waals surface area (Å²) in [4.78, 5) is 20.6. The third-order valence-corrected chi connectivity index (χ3v) is 4.36. The van der Waals surface area contributed by atoms with E-state index in [1.54, 1.807) is 12.1 Å². The van der Waals surface area contributed by atoms with Crippen LogP contribution in [0.4, 0.5) is 16.0 Å². The van der Waals surface area contributed by atoms with Crippen molar-refractivity contribution in [2.45, 2.75) is 26.2 Å². The SMILES string of the molecule is CC(C)c1ccc(Nc2ncc(C(=O)NCCc3ccc(F)cc3)cn2)cc1. The average molecular weight is 378 g/mol. The summed E-state index contributed by atoms with van der Waals surface area (Å²) in [6.45, 7) is 4.75.